The van der Waals surface area contributed by atoms with E-state index in [1.807, 2.05) is 0 Å². The zero-order valence-corrected chi connectivity index (χ0v) is 10.4. The Bertz CT molecular complexity index is 240. The summed E-state index contributed by atoms with van der Waals surface area (Å²) in [4.78, 5) is 14.4. The SMILES string of the molecule is CC(C)CC(=O)C1CCN(C2COC2)CC1. The number of rotatable bonds is 4. The molecule has 0 atom stereocenters. The van der Waals surface area contributed by atoms with Gasteiger partial charge in [0.25, 0.3) is 0 Å². The summed E-state index contributed by atoms with van der Waals surface area (Å²) in [6, 6.07) is 0.640. The number of ketones is 1. The lowest BCUT2D eigenvalue weighted by Crippen LogP contribution is -2.52. The molecule has 2 heterocycles. The first-order chi connectivity index (χ1) is 7.66. The summed E-state index contributed by atoms with van der Waals surface area (Å²) in [6.45, 7) is 8.21. The second-order valence-electron chi connectivity index (χ2n) is 5.57. The summed E-state index contributed by atoms with van der Waals surface area (Å²) in [5.74, 6) is 1.32. The Morgan fingerprint density at radius 3 is 2.38 bits per heavy atom. The summed E-state index contributed by atoms with van der Waals surface area (Å²) in [5.41, 5.74) is 0. The molecule has 2 rings (SSSR count). The summed E-state index contributed by atoms with van der Waals surface area (Å²) in [5, 5.41) is 0. The van der Waals surface area contributed by atoms with E-state index in [4.69, 9.17) is 4.74 Å². The Balaban J connectivity index is 1.73. The third-order valence-corrected chi connectivity index (χ3v) is 3.73. The highest BCUT2D eigenvalue weighted by molar-refractivity contribution is 5.81. The van der Waals surface area contributed by atoms with E-state index in [0.717, 1.165) is 45.6 Å². The van der Waals surface area contributed by atoms with Crippen LogP contribution in [0, 0.1) is 11.8 Å². The average Bonchev–Trinajstić information content (AvgIpc) is 2.15. The second kappa shape index (κ2) is 5.28. The molecule has 0 spiro atoms. The van der Waals surface area contributed by atoms with Crippen LogP contribution in [0.15, 0.2) is 0 Å². The Kier molecular flexibility index (Phi) is 3.98. The predicted octanol–water partition coefficient (Wildman–Crippen LogP) is 1.71. The molecule has 0 aromatic carbocycles. The van der Waals surface area contributed by atoms with Crippen LogP contribution in [0.1, 0.15) is 33.1 Å². The molecule has 3 heteroatoms. The minimum Gasteiger partial charge on any atom is -0.378 e. The van der Waals surface area contributed by atoms with Crippen LogP contribution in [0.3, 0.4) is 0 Å². The Morgan fingerprint density at radius 2 is 1.94 bits per heavy atom. The van der Waals surface area contributed by atoms with Gasteiger partial charge in [-0.05, 0) is 31.8 Å². The maximum absolute atomic E-state index is 11.9. The molecule has 2 saturated heterocycles. The van der Waals surface area contributed by atoms with E-state index in [9.17, 15) is 4.79 Å². The fraction of sp³-hybridized carbons (Fsp3) is 0.923. The van der Waals surface area contributed by atoms with Crippen molar-refractivity contribution >= 4 is 5.78 Å². The molecule has 0 saturated carbocycles. The van der Waals surface area contributed by atoms with E-state index in [2.05, 4.69) is 18.7 Å². The van der Waals surface area contributed by atoms with Crippen LogP contribution in [0.5, 0.6) is 0 Å². The van der Waals surface area contributed by atoms with Gasteiger partial charge >= 0.3 is 0 Å². The van der Waals surface area contributed by atoms with Crippen molar-refractivity contribution in [1.82, 2.24) is 4.90 Å². The summed E-state index contributed by atoms with van der Waals surface area (Å²) >= 11 is 0. The van der Waals surface area contributed by atoms with Gasteiger partial charge in [-0.15, -0.1) is 0 Å². The fourth-order valence-electron chi connectivity index (χ4n) is 2.59. The van der Waals surface area contributed by atoms with Gasteiger partial charge in [0.05, 0.1) is 19.3 Å². The Hall–Kier alpha value is -0.410. The van der Waals surface area contributed by atoms with Crippen LogP contribution in [-0.2, 0) is 9.53 Å². The van der Waals surface area contributed by atoms with E-state index < -0.39 is 0 Å². The van der Waals surface area contributed by atoms with Crippen molar-refractivity contribution in [2.75, 3.05) is 26.3 Å². The van der Waals surface area contributed by atoms with Gasteiger partial charge in [0.2, 0.25) is 0 Å². The standard InChI is InChI=1S/C13H23NO2/c1-10(2)7-13(15)11-3-5-14(6-4-11)12-8-16-9-12/h10-12H,3-9H2,1-2H3. The number of hydrogen-bond acceptors (Lipinski definition) is 3. The lowest BCUT2D eigenvalue weighted by atomic mass is 9.88. The zero-order valence-electron chi connectivity index (χ0n) is 10.4. The first kappa shape index (κ1) is 12.1. The lowest BCUT2D eigenvalue weighted by molar-refractivity contribution is -0.126. The number of piperidine rings is 1. The maximum atomic E-state index is 11.9. The van der Waals surface area contributed by atoms with Gasteiger partial charge in [-0.2, -0.15) is 0 Å². The number of carbonyl (C=O) groups is 1. The number of hydrogen-bond donors (Lipinski definition) is 0. The molecule has 2 aliphatic rings. The molecule has 0 bridgehead atoms. The molecular weight excluding hydrogens is 202 g/mol. The maximum Gasteiger partial charge on any atom is 0.136 e. The van der Waals surface area contributed by atoms with Gasteiger partial charge in [0, 0.05) is 12.3 Å². The number of Topliss-reactive ketones (excluding diaryl/α,β-unsaturated/α-hetero) is 1. The second-order valence-corrected chi connectivity index (χ2v) is 5.57. The van der Waals surface area contributed by atoms with E-state index in [1.54, 1.807) is 0 Å². The van der Waals surface area contributed by atoms with Crippen molar-refractivity contribution in [2.45, 2.75) is 39.2 Å². The molecule has 0 aliphatic carbocycles. The quantitative estimate of drug-likeness (QED) is 0.729. The van der Waals surface area contributed by atoms with Gasteiger partial charge in [0.15, 0.2) is 0 Å². The van der Waals surface area contributed by atoms with Crippen molar-refractivity contribution in [3.8, 4) is 0 Å². The number of carbonyl (C=O) groups excluding carboxylic acids is 1. The van der Waals surface area contributed by atoms with Gasteiger partial charge in [0.1, 0.15) is 5.78 Å². The highest BCUT2D eigenvalue weighted by atomic mass is 16.5. The lowest BCUT2D eigenvalue weighted by Gasteiger charge is -2.41. The van der Waals surface area contributed by atoms with Crippen LogP contribution in [0.25, 0.3) is 0 Å². The minimum atomic E-state index is 0.333. The molecule has 0 unspecified atom stereocenters. The third kappa shape index (κ3) is 2.83. The highest BCUT2D eigenvalue weighted by Gasteiger charge is 2.31. The molecule has 2 fully saturated rings. The molecule has 0 radical (unpaired) electrons. The van der Waals surface area contributed by atoms with Gasteiger partial charge in [-0.25, -0.2) is 0 Å². The molecule has 16 heavy (non-hydrogen) atoms. The van der Waals surface area contributed by atoms with E-state index >= 15 is 0 Å². The normalized spacial score (nSPS) is 24.7. The molecular formula is C13H23NO2. The number of likely N-dealkylation sites (tertiary alicyclic amines) is 1. The molecule has 92 valence electrons. The zero-order chi connectivity index (χ0) is 11.5. The molecule has 0 aromatic heterocycles. The van der Waals surface area contributed by atoms with Gasteiger partial charge in [-0.3, -0.25) is 9.69 Å². The predicted molar refractivity (Wildman–Crippen MR) is 63.4 cm³/mol. The molecule has 2 aliphatic heterocycles. The smallest absolute Gasteiger partial charge is 0.136 e. The first-order valence-electron chi connectivity index (χ1n) is 6.51. The molecule has 0 N–H and O–H groups in total. The molecule has 0 aromatic rings. The highest BCUT2D eigenvalue weighted by Crippen LogP contribution is 2.24. The third-order valence-electron chi connectivity index (χ3n) is 3.73. The van der Waals surface area contributed by atoms with E-state index in [1.165, 1.54) is 0 Å². The van der Waals surface area contributed by atoms with Crippen molar-refractivity contribution in [1.29, 1.82) is 0 Å². The fourth-order valence-corrected chi connectivity index (χ4v) is 2.59. The van der Waals surface area contributed by atoms with Crippen LogP contribution in [0.4, 0.5) is 0 Å². The van der Waals surface area contributed by atoms with E-state index in [0.29, 0.717) is 23.7 Å². The summed E-state index contributed by atoms with van der Waals surface area (Å²) in [7, 11) is 0. The Labute approximate surface area is 98.1 Å². The van der Waals surface area contributed by atoms with Crippen LogP contribution in [-0.4, -0.2) is 43.0 Å². The van der Waals surface area contributed by atoms with E-state index in [-0.39, 0.29) is 0 Å². The van der Waals surface area contributed by atoms with Crippen molar-refractivity contribution < 1.29 is 9.53 Å². The van der Waals surface area contributed by atoms with Crippen molar-refractivity contribution in [2.24, 2.45) is 11.8 Å². The van der Waals surface area contributed by atoms with Crippen molar-refractivity contribution in [3.63, 3.8) is 0 Å². The topological polar surface area (TPSA) is 29.5 Å². The minimum absolute atomic E-state index is 0.333. The molecule has 3 nitrogen and oxygen atoms in total. The van der Waals surface area contributed by atoms with Gasteiger partial charge < -0.3 is 4.74 Å². The molecule has 0 amide bonds. The average molecular weight is 225 g/mol. The van der Waals surface area contributed by atoms with Crippen LogP contribution >= 0.6 is 0 Å². The van der Waals surface area contributed by atoms with Crippen molar-refractivity contribution in [3.05, 3.63) is 0 Å². The largest absolute Gasteiger partial charge is 0.378 e. The van der Waals surface area contributed by atoms with Crippen LogP contribution in [0.2, 0.25) is 0 Å². The monoisotopic (exact) mass is 225 g/mol. The van der Waals surface area contributed by atoms with Gasteiger partial charge in [-0.1, -0.05) is 13.8 Å². The first-order valence-corrected chi connectivity index (χ1v) is 6.51. The summed E-state index contributed by atoms with van der Waals surface area (Å²) < 4.78 is 5.21. The Morgan fingerprint density at radius 1 is 1.31 bits per heavy atom. The number of nitrogens with zero attached hydrogens (tertiary/aromatic N) is 1. The summed E-state index contributed by atoms with van der Waals surface area (Å²) in [6.07, 6.45) is 2.88. The number of ether oxygens (including phenoxy) is 1. The van der Waals surface area contributed by atoms with Crippen LogP contribution < -0.4 is 0 Å².